The molecule has 0 aromatic heterocycles. The average Bonchev–Trinajstić information content (AvgIpc) is 3.37. The maximum absolute atomic E-state index is 13.4. The second kappa shape index (κ2) is 5.69. The average molecular weight is 332 g/mol. The van der Waals surface area contributed by atoms with E-state index < -0.39 is 0 Å². The van der Waals surface area contributed by atoms with Crippen molar-refractivity contribution in [3.05, 3.63) is 47.5 Å². The van der Waals surface area contributed by atoms with Crippen LogP contribution in [0.25, 0.3) is 10.8 Å². The summed E-state index contributed by atoms with van der Waals surface area (Å²) in [6.07, 6.45) is 10.3. The third kappa shape index (κ3) is 2.39. The fourth-order valence-corrected chi connectivity index (χ4v) is 6.23. The number of Topliss-reactive ketones (excluding diaryl/α,β-unsaturated/α-hetero) is 1. The van der Waals surface area contributed by atoms with Gasteiger partial charge in [-0.1, -0.05) is 62.6 Å². The Bertz CT molecular complexity index is 827. The molecular formula is C24H28O. The Hall–Kier alpha value is -1.63. The van der Waals surface area contributed by atoms with Gasteiger partial charge in [0, 0.05) is 11.5 Å². The van der Waals surface area contributed by atoms with Crippen molar-refractivity contribution in [2.75, 3.05) is 0 Å². The van der Waals surface area contributed by atoms with Crippen molar-refractivity contribution in [3.63, 3.8) is 0 Å². The van der Waals surface area contributed by atoms with Gasteiger partial charge < -0.3 is 0 Å². The summed E-state index contributed by atoms with van der Waals surface area (Å²) in [5.41, 5.74) is 2.73. The Morgan fingerprint density at radius 1 is 0.960 bits per heavy atom. The van der Waals surface area contributed by atoms with Crippen molar-refractivity contribution in [1.29, 1.82) is 0 Å². The van der Waals surface area contributed by atoms with Gasteiger partial charge in [-0.05, 0) is 65.7 Å². The fourth-order valence-electron chi connectivity index (χ4n) is 6.23. The minimum Gasteiger partial charge on any atom is -0.294 e. The van der Waals surface area contributed by atoms with E-state index in [0.717, 1.165) is 17.9 Å². The molecule has 25 heavy (non-hydrogen) atoms. The van der Waals surface area contributed by atoms with E-state index in [2.05, 4.69) is 43.3 Å². The molecule has 0 heterocycles. The zero-order chi connectivity index (χ0) is 17.0. The second-order valence-electron chi connectivity index (χ2n) is 9.12. The van der Waals surface area contributed by atoms with Crippen LogP contribution < -0.4 is 0 Å². The molecule has 0 spiro atoms. The first-order chi connectivity index (χ1) is 12.2. The first-order valence-electron chi connectivity index (χ1n) is 10.2. The summed E-state index contributed by atoms with van der Waals surface area (Å²) in [4.78, 5) is 13.4. The van der Waals surface area contributed by atoms with Crippen LogP contribution in [0.5, 0.6) is 0 Å². The van der Waals surface area contributed by atoms with Crippen molar-refractivity contribution in [1.82, 2.24) is 0 Å². The van der Waals surface area contributed by atoms with E-state index in [0.29, 0.717) is 11.7 Å². The molecule has 130 valence electrons. The van der Waals surface area contributed by atoms with E-state index in [1.54, 1.807) is 0 Å². The molecular weight excluding hydrogens is 304 g/mol. The van der Waals surface area contributed by atoms with Crippen molar-refractivity contribution >= 4 is 16.6 Å². The molecule has 3 unspecified atom stereocenters. The second-order valence-corrected chi connectivity index (χ2v) is 9.12. The third-order valence-electron chi connectivity index (χ3n) is 7.62. The molecule has 3 aliphatic carbocycles. The van der Waals surface area contributed by atoms with Crippen LogP contribution in [0.3, 0.4) is 0 Å². The number of hydrogen-bond acceptors (Lipinski definition) is 1. The number of rotatable bonds is 3. The van der Waals surface area contributed by atoms with Crippen LogP contribution in [0, 0.1) is 17.8 Å². The summed E-state index contributed by atoms with van der Waals surface area (Å²) in [7, 11) is 0. The van der Waals surface area contributed by atoms with Crippen molar-refractivity contribution < 1.29 is 4.79 Å². The quantitative estimate of drug-likeness (QED) is 0.604. The molecule has 0 aliphatic heterocycles. The number of carbonyl (C=O) groups is 1. The van der Waals surface area contributed by atoms with Gasteiger partial charge in [-0.25, -0.2) is 0 Å². The maximum atomic E-state index is 13.4. The molecule has 3 atom stereocenters. The molecule has 0 saturated heterocycles. The summed E-state index contributed by atoms with van der Waals surface area (Å²) >= 11 is 0. The first kappa shape index (κ1) is 15.6. The summed E-state index contributed by atoms with van der Waals surface area (Å²) in [6.45, 7) is 2.42. The molecule has 1 heteroatoms. The van der Waals surface area contributed by atoms with E-state index in [-0.39, 0.29) is 11.3 Å². The Balaban J connectivity index is 1.60. The molecule has 2 aromatic carbocycles. The van der Waals surface area contributed by atoms with Gasteiger partial charge in [0.25, 0.3) is 0 Å². The van der Waals surface area contributed by atoms with Gasteiger partial charge in [0.2, 0.25) is 0 Å². The molecule has 3 fully saturated rings. The van der Waals surface area contributed by atoms with Gasteiger partial charge in [0.1, 0.15) is 0 Å². The smallest absolute Gasteiger partial charge is 0.166 e. The predicted molar refractivity (Wildman–Crippen MR) is 103 cm³/mol. The molecule has 1 nitrogen and oxygen atoms in total. The van der Waals surface area contributed by atoms with Gasteiger partial charge in [-0.2, -0.15) is 0 Å². The Labute approximate surface area is 150 Å². The third-order valence-corrected chi connectivity index (χ3v) is 7.62. The van der Waals surface area contributed by atoms with Gasteiger partial charge in [0.15, 0.2) is 5.78 Å². The summed E-state index contributed by atoms with van der Waals surface area (Å²) in [6, 6.07) is 13.1. The van der Waals surface area contributed by atoms with Crippen molar-refractivity contribution in [3.8, 4) is 0 Å². The van der Waals surface area contributed by atoms with E-state index in [4.69, 9.17) is 0 Å². The zero-order valence-electron chi connectivity index (χ0n) is 15.3. The van der Waals surface area contributed by atoms with Gasteiger partial charge in [-0.15, -0.1) is 0 Å². The van der Waals surface area contributed by atoms with Crippen LogP contribution >= 0.6 is 0 Å². The van der Waals surface area contributed by atoms with Crippen LogP contribution in [-0.4, -0.2) is 5.78 Å². The Morgan fingerprint density at radius 2 is 1.72 bits per heavy atom. The molecule has 0 N–H and O–H groups in total. The molecule has 3 saturated carbocycles. The number of ketones is 1. The highest BCUT2D eigenvalue weighted by molar-refractivity contribution is 6.10. The molecule has 2 bridgehead atoms. The highest BCUT2D eigenvalue weighted by Crippen LogP contribution is 2.50. The molecule has 5 rings (SSSR count). The molecule has 0 radical (unpaired) electrons. The van der Waals surface area contributed by atoms with E-state index in [1.165, 1.54) is 61.3 Å². The van der Waals surface area contributed by atoms with Crippen molar-refractivity contribution in [2.45, 2.75) is 63.7 Å². The molecule has 0 amide bonds. The standard InChI is InChI=1S/C24H28O/c1-24(12-4-5-13-24)22-11-10-20(18-6-2-3-7-19(18)22)23(25)21-15-16-8-9-17(21)14-16/h2-3,6-7,10-11,16-17,21H,4-5,8-9,12-15H2,1H3. The lowest BCUT2D eigenvalue weighted by Gasteiger charge is -2.27. The van der Waals surface area contributed by atoms with Gasteiger partial charge in [0.05, 0.1) is 0 Å². The van der Waals surface area contributed by atoms with Crippen LogP contribution in [0.4, 0.5) is 0 Å². The number of carbonyl (C=O) groups excluding carboxylic acids is 1. The summed E-state index contributed by atoms with van der Waals surface area (Å²) in [5.74, 6) is 2.19. The minimum absolute atomic E-state index is 0.285. The van der Waals surface area contributed by atoms with Gasteiger partial charge in [-0.3, -0.25) is 4.79 Å². The van der Waals surface area contributed by atoms with Crippen LogP contribution in [0.1, 0.15) is 74.2 Å². The highest BCUT2D eigenvalue weighted by Gasteiger charge is 2.43. The van der Waals surface area contributed by atoms with Crippen LogP contribution in [0.15, 0.2) is 36.4 Å². The van der Waals surface area contributed by atoms with E-state index in [1.807, 2.05) is 0 Å². The van der Waals surface area contributed by atoms with E-state index >= 15 is 0 Å². The summed E-state index contributed by atoms with van der Waals surface area (Å²) < 4.78 is 0. The topological polar surface area (TPSA) is 17.1 Å². The normalized spacial score (nSPS) is 30.2. The molecule has 2 aromatic rings. The lowest BCUT2D eigenvalue weighted by molar-refractivity contribution is 0.0876. The summed E-state index contributed by atoms with van der Waals surface area (Å²) in [5, 5.41) is 2.52. The zero-order valence-corrected chi connectivity index (χ0v) is 15.3. The number of hydrogen-bond donors (Lipinski definition) is 0. The SMILES string of the molecule is CC1(c2ccc(C(=O)C3CC4CCC3C4)c3ccccc23)CCCC1. The largest absolute Gasteiger partial charge is 0.294 e. The monoisotopic (exact) mass is 332 g/mol. The fraction of sp³-hybridized carbons (Fsp3) is 0.542. The predicted octanol–water partition coefficient (Wildman–Crippen LogP) is 6.29. The maximum Gasteiger partial charge on any atom is 0.166 e. The lowest BCUT2D eigenvalue weighted by atomic mass is 9.76. The lowest BCUT2D eigenvalue weighted by Crippen LogP contribution is -2.22. The highest BCUT2D eigenvalue weighted by atomic mass is 16.1. The number of fused-ring (bicyclic) bond motifs is 3. The minimum atomic E-state index is 0.285. The van der Waals surface area contributed by atoms with Crippen LogP contribution in [-0.2, 0) is 5.41 Å². The first-order valence-corrected chi connectivity index (χ1v) is 10.2. The van der Waals surface area contributed by atoms with E-state index in [9.17, 15) is 4.79 Å². The number of benzene rings is 2. The van der Waals surface area contributed by atoms with Gasteiger partial charge >= 0.3 is 0 Å². The Kier molecular flexibility index (Phi) is 3.55. The Morgan fingerprint density at radius 3 is 2.40 bits per heavy atom. The van der Waals surface area contributed by atoms with Crippen LogP contribution in [0.2, 0.25) is 0 Å². The van der Waals surface area contributed by atoms with Crippen molar-refractivity contribution in [2.24, 2.45) is 17.8 Å². The molecule has 3 aliphatic rings.